The minimum Gasteiger partial charge on any atom is -0.508 e. The second-order valence-corrected chi connectivity index (χ2v) is 7.67. The normalized spacial score (nSPS) is 10.9. The first kappa shape index (κ1) is 22.9. The highest BCUT2D eigenvalue weighted by atomic mass is 16.5. The molecular weight excluding hydrogens is 366 g/mol. The zero-order chi connectivity index (χ0) is 21.2. The number of ether oxygens (including phenoxy) is 2. The molecule has 1 aromatic carbocycles. The van der Waals surface area contributed by atoms with Gasteiger partial charge in [0.25, 0.3) is 5.56 Å². The van der Waals surface area contributed by atoms with E-state index < -0.39 is 0 Å². The lowest BCUT2D eigenvalue weighted by Gasteiger charge is -2.18. The van der Waals surface area contributed by atoms with E-state index in [-0.39, 0.29) is 17.1 Å². The number of fused-ring (bicyclic) bond motifs is 1. The number of rotatable bonds is 12. The molecule has 0 radical (unpaired) electrons. The lowest BCUT2D eigenvalue weighted by atomic mass is 10.1. The summed E-state index contributed by atoms with van der Waals surface area (Å²) in [7, 11) is 0. The number of phenolic OH excluding ortho intramolecular Hbond substituents is 1. The molecule has 5 heteroatoms. The van der Waals surface area contributed by atoms with Crippen LogP contribution < -0.4 is 15.0 Å². The number of aromatic nitrogens is 1. The smallest absolute Gasteiger partial charge is 0.297 e. The van der Waals surface area contributed by atoms with Crippen LogP contribution in [0.15, 0.2) is 34.6 Å². The number of hydrogen-bond donors (Lipinski definition) is 1. The van der Waals surface area contributed by atoms with Crippen LogP contribution in [-0.2, 0) is 6.54 Å². The number of nitrogens with zero attached hydrogens (tertiary/aromatic N) is 1. The van der Waals surface area contributed by atoms with Gasteiger partial charge in [0.05, 0.1) is 12.1 Å². The number of phenols is 1. The summed E-state index contributed by atoms with van der Waals surface area (Å²) in [6.45, 7) is 9.69. The minimum atomic E-state index is -0.201. The van der Waals surface area contributed by atoms with Crippen molar-refractivity contribution in [2.45, 2.75) is 72.8 Å². The van der Waals surface area contributed by atoms with E-state index in [1.807, 2.05) is 26.0 Å². The molecule has 0 saturated heterocycles. The Morgan fingerprint density at radius 2 is 1.79 bits per heavy atom. The molecular formula is C24H35NO4. The topological polar surface area (TPSA) is 60.7 Å². The molecule has 0 aliphatic carbocycles. The molecule has 5 nitrogen and oxygen atoms in total. The number of pyridine rings is 1. The standard InChI is InChI=1S/C24H35NO4/c1-5-7-9-10-14-25-21-17-19(26)11-12-20(21)22(28-15-8-6-2)23(24(25)27)29-16-13-18(3)4/h11-13,17,26H,5-10,14-16H2,1-4H3. The van der Waals surface area contributed by atoms with Crippen LogP contribution in [0.25, 0.3) is 10.9 Å². The number of benzene rings is 1. The van der Waals surface area contributed by atoms with Gasteiger partial charge in [-0.25, -0.2) is 0 Å². The van der Waals surface area contributed by atoms with Crippen LogP contribution in [0.5, 0.6) is 17.2 Å². The van der Waals surface area contributed by atoms with Gasteiger partial charge in [-0.1, -0.05) is 45.1 Å². The second kappa shape index (κ2) is 11.5. The first-order valence-corrected chi connectivity index (χ1v) is 10.8. The summed E-state index contributed by atoms with van der Waals surface area (Å²) in [6.07, 6.45) is 8.09. The Morgan fingerprint density at radius 3 is 2.48 bits per heavy atom. The molecule has 29 heavy (non-hydrogen) atoms. The van der Waals surface area contributed by atoms with Crippen molar-refractivity contribution < 1.29 is 14.6 Å². The summed E-state index contributed by atoms with van der Waals surface area (Å²) in [5.74, 6) is 0.870. The summed E-state index contributed by atoms with van der Waals surface area (Å²) < 4.78 is 13.7. The van der Waals surface area contributed by atoms with E-state index in [2.05, 4.69) is 13.8 Å². The molecule has 1 N–H and O–H groups in total. The molecule has 2 rings (SSSR count). The zero-order valence-corrected chi connectivity index (χ0v) is 18.3. The SMILES string of the molecule is CCCCCCn1c(=O)c(OCC=C(C)C)c(OCCCC)c2ccc(O)cc21. The average molecular weight is 402 g/mol. The highest BCUT2D eigenvalue weighted by Gasteiger charge is 2.20. The van der Waals surface area contributed by atoms with Crippen molar-refractivity contribution in [3.8, 4) is 17.2 Å². The molecule has 0 amide bonds. The van der Waals surface area contributed by atoms with E-state index in [0.29, 0.717) is 31.0 Å². The van der Waals surface area contributed by atoms with E-state index in [1.54, 1.807) is 16.7 Å². The first-order chi connectivity index (χ1) is 14.0. The summed E-state index contributed by atoms with van der Waals surface area (Å²) in [6, 6.07) is 5.07. The average Bonchev–Trinajstić information content (AvgIpc) is 2.68. The van der Waals surface area contributed by atoms with Gasteiger partial charge in [0.2, 0.25) is 5.75 Å². The molecule has 0 bridgehead atoms. The molecule has 160 valence electrons. The summed E-state index contributed by atoms with van der Waals surface area (Å²) in [4.78, 5) is 13.3. The third kappa shape index (κ3) is 6.28. The van der Waals surface area contributed by atoms with Crippen LogP contribution in [0, 0.1) is 0 Å². The molecule has 2 aromatic rings. The molecule has 0 aliphatic heterocycles. The maximum absolute atomic E-state index is 13.3. The van der Waals surface area contributed by atoms with Crippen LogP contribution in [-0.4, -0.2) is 22.9 Å². The molecule has 0 aliphatic rings. The lowest BCUT2D eigenvalue weighted by molar-refractivity contribution is 0.278. The van der Waals surface area contributed by atoms with E-state index in [1.165, 1.54) is 0 Å². The fourth-order valence-corrected chi connectivity index (χ4v) is 3.19. The van der Waals surface area contributed by atoms with Crippen molar-refractivity contribution in [1.29, 1.82) is 0 Å². The quantitative estimate of drug-likeness (QED) is 0.360. The van der Waals surface area contributed by atoms with Gasteiger partial charge in [-0.15, -0.1) is 0 Å². The zero-order valence-electron chi connectivity index (χ0n) is 18.3. The molecule has 0 saturated carbocycles. The van der Waals surface area contributed by atoms with Gasteiger partial charge in [-0.3, -0.25) is 4.79 Å². The van der Waals surface area contributed by atoms with Crippen molar-refractivity contribution in [3.05, 3.63) is 40.2 Å². The number of aromatic hydroxyl groups is 1. The Bertz CT molecular complexity index is 879. The largest absolute Gasteiger partial charge is 0.508 e. The van der Waals surface area contributed by atoms with Crippen LogP contribution in [0.2, 0.25) is 0 Å². The van der Waals surface area contributed by atoms with Crippen molar-refractivity contribution in [2.24, 2.45) is 0 Å². The third-order valence-electron chi connectivity index (χ3n) is 4.86. The van der Waals surface area contributed by atoms with Gasteiger partial charge < -0.3 is 19.1 Å². The summed E-state index contributed by atoms with van der Waals surface area (Å²) in [5.41, 5.74) is 1.62. The highest BCUT2D eigenvalue weighted by molar-refractivity contribution is 5.89. The highest BCUT2D eigenvalue weighted by Crippen LogP contribution is 2.35. The van der Waals surface area contributed by atoms with Crippen molar-refractivity contribution in [1.82, 2.24) is 4.57 Å². The monoisotopic (exact) mass is 401 g/mol. The van der Waals surface area contributed by atoms with Crippen LogP contribution >= 0.6 is 0 Å². The fraction of sp³-hybridized carbons (Fsp3) is 0.542. The Morgan fingerprint density at radius 1 is 1.03 bits per heavy atom. The summed E-state index contributed by atoms with van der Waals surface area (Å²) >= 11 is 0. The van der Waals surface area contributed by atoms with E-state index in [4.69, 9.17) is 9.47 Å². The molecule has 0 fully saturated rings. The fourth-order valence-electron chi connectivity index (χ4n) is 3.19. The first-order valence-electron chi connectivity index (χ1n) is 10.8. The van der Waals surface area contributed by atoms with Crippen LogP contribution in [0.3, 0.4) is 0 Å². The van der Waals surface area contributed by atoms with Crippen LogP contribution in [0.4, 0.5) is 0 Å². The molecule has 0 spiro atoms. The lowest BCUT2D eigenvalue weighted by Crippen LogP contribution is -2.24. The summed E-state index contributed by atoms with van der Waals surface area (Å²) in [5, 5.41) is 10.8. The van der Waals surface area contributed by atoms with Gasteiger partial charge in [-0.05, 0) is 44.9 Å². The molecule has 0 unspecified atom stereocenters. The van der Waals surface area contributed by atoms with E-state index in [9.17, 15) is 9.90 Å². The van der Waals surface area contributed by atoms with Crippen molar-refractivity contribution in [2.75, 3.05) is 13.2 Å². The molecule has 1 aromatic heterocycles. The van der Waals surface area contributed by atoms with Gasteiger partial charge >= 0.3 is 0 Å². The number of aryl methyl sites for hydroxylation is 1. The van der Waals surface area contributed by atoms with Gasteiger partial charge in [-0.2, -0.15) is 0 Å². The Labute approximate surface area is 174 Å². The number of hydrogen-bond acceptors (Lipinski definition) is 4. The number of unbranched alkanes of at least 4 members (excludes halogenated alkanes) is 4. The third-order valence-corrected chi connectivity index (χ3v) is 4.86. The second-order valence-electron chi connectivity index (χ2n) is 7.67. The minimum absolute atomic E-state index is 0.136. The van der Waals surface area contributed by atoms with Crippen molar-refractivity contribution in [3.63, 3.8) is 0 Å². The Kier molecular flexibility index (Phi) is 9.10. The Hall–Kier alpha value is -2.43. The Balaban J connectivity index is 2.55. The maximum atomic E-state index is 13.3. The predicted molar refractivity (Wildman–Crippen MR) is 119 cm³/mol. The van der Waals surface area contributed by atoms with Crippen LogP contribution in [0.1, 0.15) is 66.2 Å². The predicted octanol–water partition coefficient (Wildman–Crippen LogP) is 5.81. The maximum Gasteiger partial charge on any atom is 0.297 e. The number of allylic oxidation sites excluding steroid dienone is 1. The van der Waals surface area contributed by atoms with Crippen molar-refractivity contribution >= 4 is 10.9 Å². The van der Waals surface area contributed by atoms with Gasteiger partial charge in [0.15, 0.2) is 5.75 Å². The molecule has 0 atom stereocenters. The van der Waals surface area contributed by atoms with E-state index in [0.717, 1.165) is 49.5 Å². The molecule has 1 heterocycles. The van der Waals surface area contributed by atoms with E-state index >= 15 is 0 Å². The van der Waals surface area contributed by atoms with Gasteiger partial charge in [0.1, 0.15) is 12.4 Å². The van der Waals surface area contributed by atoms with Gasteiger partial charge in [0, 0.05) is 18.0 Å².